The van der Waals surface area contributed by atoms with Crippen molar-refractivity contribution in [2.24, 2.45) is 5.92 Å². The van der Waals surface area contributed by atoms with E-state index in [4.69, 9.17) is 0 Å². The van der Waals surface area contributed by atoms with E-state index in [-0.39, 0.29) is 6.10 Å². The SMILES string of the molecule is CC(C)(F)CN1CCC(C(O)c2ccccc2)CC1. The summed E-state index contributed by atoms with van der Waals surface area (Å²) in [5.74, 6) is 0.293. The molecule has 1 atom stereocenters. The first-order valence-electron chi connectivity index (χ1n) is 7.10. The summed E-state index contributed by atoms with van der Waals surface area (Å²) in [6.45, 7) is 5.49. The van der Waals surface area contributed by atoms with Crippen LogP contribution in [0.1, 0.15) is 38.4 Å². The summed E-state index contributed by atoms with van der Waals surface area (Å²) in [5.41, 5.74) is -0.142. The van der Waals surface area contributed by atoms with Crippen molar-refractivity contribution < 1.29 is 9.50 Å². The van der Waals surface area contributed by atoms with E-state index < -0.39 is 5.67 Å². The average molecular weight is 265 g/mol. The third kappa shape index (κ3) is 4.29. The van der Waals surface area contributed by atoms with Crippen LogP contribution in [0.25, 0.3) is 0 Å². The van der Waals surface area contributed by atoms with Crippen molar-refractivity contribution in [3.05, 3.63) is 35.9 Å². The van der Waals surface area contributed by atoms with E-state index in [1.807, 2.05) is 30.3 Å². The van der Waals surface area contributed by atoms with Crippen molar-refractivity contribution in [1.29, 1.82) is 0 Å². The van der Waals surface area contributed by atoms with E-state index >= 15 is 0 Å². The van der Waals surface area contributed by atoms with Crippen LogP contribution < -0.4 is 0 Å². The van der Waals surface area contributed by atoms with Crippen molar-refractivity contribution in [1.82, 2.24) is 4.90 Å². The van der Waals surface area contributed by atoms with E-state index in [1.54, 1.807) is 13.8 Å². The number of hydrogen-bond donors (Lipinski definition) is 1. The summed E-state index contributed by atoms with van der Waals surface area (Å²) in [7, 11) is 0. The van der Waals surface area contributed by atoms with Crippen LogP contribution in [0.5, 0.6) is 0 Å². The Hall–Kier alpha value is -0.930. The van der Waals surface area contributed by atoms with Crippen molar-refractivity contribution >= 4 is 0 Å². The molecule has 1 saturated heterocycles. The molecule has 0 spiro atoms. The fourth-order valence-electron chi connectivity index (χ4n) is 2.88. The van der Waals surface area contributed by atoms with Gasteiger partial charge < -0.3 is 10.0 Å². The van der Waals surface area contributed by atoms with Gasteiger partial charge in [-0.05, 0) is 51.3 Å². The Bertz CT molecular complexity index is 379. The molecule has 0 saturated carbocycles. The van der Waals surface area contributed by atoms with Gasteiger partial charge in [0.2, 0.25) is 0 Å². The molecule has 3 heteroatoms. The number of alkyl halides is 1. The fourth-order valence-corrected chi connectivity index (χ4v) is 2.88. The van der Waals surface area contributed by atoms with Crippen LogP contribution >= 0.6 is 0 Å². The molecular weight excluding hydrogens is 241 g/mol. The molecule has 0 aliphatic carbocycles. The summed E-state index contributed by atoms with van der Waals surface area (Å²) >= 11 is 0. The zero-order valence-electron chi connectivity index (χ0n) is 11.8. The second-order valence-corrected chi connectivity index (χ2v) is 6.19. The summed E-state index contributed by atoms with van der Waals surface area (Å²) < 4.78 is 13.6. The fraction of sp³-hybridized carbons (Fsp3) is 0.625. The van der Waals surface area contributed by atoms with Gasteiger partial charge in [-0.2, -0.15) is 0 Å². The third-order valence-corrected chi connectivity index (χ3v) is 3.82. The lowest BCUT2D eigenvalue weighted by Gasteiger charge is -2.36. The molecule has 2 nitrogen and oxygen atoms in total. The molecule has 0 bridgehead atoms. The molecule has 0 amide bonds. The molecule has 1 N–H and O–H groups in total. The van der Waals surface area contributed by atoms with E-state index in [2.05, 4.69) is 4.90 Å². The lowest BCUT2D eigenvalue weighted by Crippen LogP contribution is -2.42. The summed E-state index contributed by atoms with van der Waals surface area (Å²) in [6, 6.07) is 9.82. The van der Waals surface area contributed by atoms with Gasteiger partial charge in [-0.1, -0.05) is 30.3 Å². The minimum atomic E-state index is -1.13. The maximum Gasteiger partial charge on any atom is 0.118 e. The number of likely N-dealkylation sites (tertiary alicyclic amines) is 1. The van der Waals surface area contributed by atoms with Crippen LogP contribution in [-0.2, 0) is 0 Å². The van der Waals surface area contributed by atoms with Crippen molar-refractivity contribution in [2.45, 2.75) is 38.5 Å². The van der Waals surface area contributed by atoms with Crippen LogP contribution in [0.4, 0.5) is 4.39 Å². The van der Waals surface area contributed by atoms with Crippen LogP contribution in [0, 0.1) is 5.92 Å². The summed E-state index contributed by atoms with van der Waals surface area (Å²) in [4.78, 5) is 2.16. The maximum absolute atomic E-state index is 13.6. The molecule has 0 aromatic heterocycles. The zero-order chi connectivity index (χ0) is 13.9. The summed E-state index contributed by atoms with van der Waals surface area (Å²) in [5, 5.41) is 10.4. The highest BCUT2D eigenvalue weighted by atomic mass is 19.1. The van der Waals surface area contributed by atoms with E-state index in [0.717, 1.165) is 31.5 Å². The monoisotopic (exact) mass is 265 g/mol. The Morgan fingerprint density at radius 3 is 2.37 bits per heavy atom. The Morgan fingerprint density at radius 2 is 1.84 bits per heavy atom. The number of benzene rings is 1. The molecule has 1 aliphatic heterocycles. The first-order chi connectivity index (χ1) is 8.96. The third-order valence-electron chi connectivity index (χ3n) is 3.82. The maximum atomic E-state index is 13.6. The van der Waals surface area contributed by atoms with Crippen molar-refractivity contribution in [3.8, 4) is 0 Å². The number of hydrogen-bond acceptors (Lipinski definition) is 2. The van der Waals surface area contributed by atoms with Crippen molar-refractivity contribution in [2.75, 3.05) is 19.6 Å². The molecule has 1 fully saturated rings. The standard InChI is InChI=1S/C16H24FNO/c1-16(2,17)12-18-10-8-14(9-11-18)15(19)13-6-4-3-5-7-13/h3-7,14-15,19H,8-12H2,1-2H3. The molecule has 1 heterocycles. The lowest BCUT2D eigenvalue weighted by atomic mass is 9.87. The van der Waals surface area contributed by atoms with Gasteiger partial charge in [0.25, 0.3) is 0 Å². The summed E-state index contributed by atoms with van der Waals surface area (Å²) in [6.07, 6.45) is 1.49. The molecular formula is C16H24FNO. The molecule has 1 unspecified atom stereocenters. The normalized spacial score (nSPS) is 20.4. The molecule has 1 aliphatic rings. The Balaban J connectivity index is 1.86. The smallest absolute Gasteiger partial charge is 0.118 e. The Labute approximate surface area is 115 Å². The first kappa shape index (κ1) is 14.5. The van der Waals surface area contributed by atoms with Crippen molar-refractivity contribution in [3.63, 3.8) is 0 Å². The largest absolute Gasteiger partial charge is 0.388 e. The van der Waals surface area contributed by atoms with Crippen LogP contribution in [-0.4, -0.2) is 35.3 Å². The molecule has 106 valence electrons. The minimum absolute atomic E-state index is 0.293. The van der Waals surface area contributed by atoms with E-state index in [1.165, 1.54) is 0 Å². The minimum Gasteiger partial charge on any atom is -0.388 e. The van der Waals surface area contributed by atoms with Gasteiger partial charge in [-0.3, -0.25) is 0 Å². The van der Waals surface area contributed by atoms with Gasteiger partial charge in [-0.15, -0.1) is 0 Å². The Morgan fingerprint density at radius 1 is 1.26 bits per heavy atom. The second kappa shape index (κ2) is 6.02. The number of aliphatic hydroxyl groups excluding tert-OH is 1. The highest BCUT2D eigenvalue weighted by molar-refractivity contribution is 5.18. The number of nitrogens with zero attached hydrogens (tertiary/aromatic N) is 1. The van der Waals surface area contributed by atoms with Gasteiger partial charge in [0.15, 0.2) is 0 Å². The van der Waals surface area contributed by atoms with E-state index in [9.17, 15) is 9.50 Å². The van der Waals surface area contributed by atoms with Gasteiger partial charge >= 0.3 is 0 Å². The number of rotatable bonds is 4. The topological polar surface area (TPSA) is 23.5 Å². The Kier molecular flexibility index (Phi) is 4.58. The molecule has 1 aromatic rings. The van der Waals surface area contributed by atoms with Gasteiger partial charge in [0, 0.05) is 6.54 Å². The molecule has 2 rings (SSSR count). The van der Waals surface area contributed by atoms with Crippen LogP contribution in [0.2, 0.25) is 0 Å². The molecule has 0 radical (unpaired) electrons. The van der Waals surface area contributed by atoms with Crippen LogP contribution in [0.15, 0.2) is 30.3 Å². The highest BCUT2D eigenvalue weighted by Gasteiger charge is 2.28. The van der Waals surface area contributed by atoms with Gasteiger partial charge in [0.05, 0.1) is 6.10 Å². The molecule has 1 aromatic carbocycles. The number of aliphatic hydroxyl groups is 1. The average Bonchev–Trinajstić information content (AvgIpc) is 2.38. The van der Waals surface area contributed by atoms with Gasteiger partial charge in [0.1, 0.15) is 5.67 Å². The predicted molar refractivity (Wildman–Crippen MR) is 75.8 cm³/mol. The highest BCUT2D eigenvalue weighted by Crippen LogP contribution is 2.31. The zero-order valence-corrected chi connectivity index (χ0v) is 11.8. The lowest BCUT2D eigenvalue weighted by molar-refractivity contribution is 0.0403. The number of piperidine rings is 1. The van der Waals surface area contributed by atoms with E-state index in [0.29, 0.717) is 12.5 Å². The molecule has 19 heavy (non-hydrogen) atoms. The number of halogens is 1. The van der Waals surface area contributed by atoms with Crippen LogP contribution in [0.3, 0.4) is 0 Å². The predicted octanol–water partition coefficient (Wildman–Crippen LogP) is 3.18. The second-order valence-electron chi connectivity index (χ2n) is 6.19. The van der Waals surface area contributed by atoms with Gasteiger partial charge in [-0.25, -0.2) is 4.39 Å². The first-order valence-corrected chi connectivity index (χ1v) is 7.10. The quantitative estimate of drug-likeness (QED) is 0.904.